The zero-order valence-corrected chi connectivity index (χ0v) is 14.8. The lowest BCUT2D eigenvalue weighted by molar-refractivity contribution is -0.147. The number of ether oxygens (including phenoxy) is 1. The van der Waals surface area contributed by atoms with Crippen LogP contribution in [0.3, 0.4) is 0 Å². The zero-order chi connectivity index (χ0) is 15.0. The summed E-state index contributed by atoms with van der Waals surface area (Å²) >= 11 is 7.43. The Morgan fingerprint density at radius 1 is 1.32 bits per heavy atom. The van der Waals surface area contributed by atoms with Crippen molar-refractivity contribution in [2.75, 3.05) is 7.11 Å². The number of nitrogens with zero attached hydrogens (tertiary/aromatic N) is 1. The van der Waals surface area contributed by atoms with Gasteiger partial charge in [0.2, 0.25) is 0 Å². The number of rotatable bonds is 3. The smallest absolute Gasteiger partial charge is 0.354 e. The Labute approximate surface area is 132 Å². The van der Waals surface area contributed by atoms with E-state index in [1.807, 2.05) is 0 Å². The van der Waals surface area contributed by atoms with Gasteiger partial charge in [0.1, 0.15) is 11.1 Å². The minimum atomic E-state index is -1.04. The Kier molecular flexibility index (Phi) is 5.25. The van der Waals surface area contributed by atoms with Crippen molar-refractivity contribution in [1.29, 1.82) is 0 Å². The van der Waals surface area contributed by atoms with Crippen molar-refractivity contribution in [3.8, 4) is 0 Å². The molecule has 0 aromatic rings. The van der Waals surface area contributed by atoms with Crippen LogP contribution in [0.15, 0.2) is 11.3 Å². The van der Waals surface area contributed by atoms with Crippen LogP contribution in [0.25, 0.3) is 0 Å². The number of amides is 1. The predicted octanol–water partition coefficient (Wildman–Crippen LogP) is 2.39. The first-order valence-corrected chi connectivity index (χ1v) is 7.75. The highest BCUT2D eigenvalue weighted by atomic mass is 79.9. The third-order valence-electron chi connectivity index (χ3n) is 2.42. The molecule has 1 heterocycles. The van der Waals surface area contributed by atoms with Crippen molar-refractivity contribution < 1.29 is 19.1 Å². The van der Waals surface area contributed by atoms with Gasteiger partial charge in [0.25, 0.3) is 5.91 Å². The second kappa shape index (κ2) is 5.97. The number of carbonyl (C=O) groups excluding carboxylic acids is 3. The second-order valence-electron chi connectivity index (χ2n) is 4.10. The highest BCUT2D eigenvalue weighted by molar-refractivity contribution is 9.26. The molecule has 0 N–H and O–H groups in total. The van der Waals surface area contributed by atoms with Gasteiger partial charge in [-0.1, -0.05) is 43.6 Å². The minimum Gasteiger partial charge on any atom is -0.464 e. The Morgan fingerprint density at radius 3 is 2.21 bits per heavy atom. The first-order chi connectivity index (χ1) is 8.64. The normalized spacial score (nSPS) is 20.6. The summed E-state index contributed by atoms with van der Waals surface area (Å²) in [6.45, 7) is 4.82. The second-order valence-corrected chi connectivity index (χ2v) is 8.92. The monoisotopic (exact) mass is 413 g/mol. The Bertz CT molecular complexity index is 471. The van der Waals surface area contributed by atoms with Crippen molar-refractivity contribution in [2.45, 2.75) is 29.4 Å². The summed E-state index contributed by atoms with van der Waals surface area (Å²) in [7, 11) is 1.25. The molecule has 0 aromatic carbocycles. The van der Waals surface area contributed by atoms with Crippen LogP contribution >= 0.6 is 43.6 Å². The van der Waals surface area contributed by atoms with Gasteiger partial charge in [-0.15, -0.1) is 0 Å². The topological polar surface area (TPSA) is 63.7 Å². The van der Waals surface area contributed by atoms with Gasteiger partial charge in [-0.05, 0) is 19.4 Å². The zero-order valence-electron chi connectivity index (χ0n) is 10.8. The lowest BCUT2D eigenvalue weighted by Crippen LogP contribution is -2.66. The van der Waals surface area contributed by atoms with Gasteiger partial charge in [-0.25, -0.2) is 4.79 Å². The quantitative estimate of drug-likeness (QED) is 0.307. The molecule has 0 radical (unpaired) electrons. The average molecular weight is 415 g/mol. The van der Waals surface area contributed by atoms with Crippen molar-refractivity contribution in [3.05, 3.63) is 11.3 Å². The summed E-state index contributed by atoms with van der Waals surface area (Å²) in [5, 5.41) is -0.690. The van der Waals surface area contributed by atoms with Crippen LogP contribution in [-0.4, -0.2) is 37.6 Å². The van der Waals surface area contributed by atoms with Crippen molar-refractivity contribution >= 4 is 60.6 Å². The molecular formula is C11H13Br2NO4S. The SMILES string of the molecule is COC(=O)C(=C(C)C)N1C(=O)C(Br)(Br)C1SC(C)=O. The molecule has 1 aliphatic rings. The lowest BCUT2D eigenvalue weighted by atomic mass is 10.1. The fraction of sp³-hybridized carbons (Fsp3) is 0.545. The molecule has 8 heteroatoms. The number of halogens is 2. The number of hydrogen-bond donors (Lipinski definition) is 0. The van der Waals surface area contributed by atoms with E-state index in [1.54, 1.807) is 13.8 Å². The summed E-state index contributed by atoms with van der Waals surface area (Å²) in [5.74, 6) is -0.939. The van der Waals surface area contributed by atoms with E-state index in [4.69, 9.17) is 0 Å². The number of alkyl halides is 2. The number of allylic oxidation sites excluding steroid dienone is 1. The maximum absolute atomic E-state index is 12.1. The molecule has 1 rings (SSSR count). The summed E-state index contributed by atoms with van der Waals surface area (Å²) in [6, 6.07) is 0. The molecule has 1 saturated heterocycles. The molecule has 5 nitrogen and oxygen atoms in total. The summed E-state index contributed by atoms with van der Waals surface area (Å²) < 4.78 is 3.65. The largest absolute Gasteiger partial charge is 0.464 e. The summed E-state index contributed by atoms with van der Waals surface area (Å²) in [4.78, 5) is 36.4. The Morgan fingerprint density at radius 2 is 1.84 bits per heavy atom. The van der Waals surface area contributed by atoms with E-state index in [0.717, 1.165) is 11.8 Å². The molecule has 0 spiro atoms. The highest BCUT2D eigenvalue weighted by Gasteiger charge is 2.61. The number of carbonyl (C=O) groups is 3. The first-order valence-electron chi connectivity index (χ1n) is 5.29. The van der Waals surface area contributed by atoms with E-state index in [9.17, 15) is 14.4 Å². The highest BCUT2D eigenvalue weighted by Crippen LogP contribution is 2.51. The van der Waals surface area contributed by atoms with Crippen LogP contribution in [-0.2, 0) is 19.1 Å². The van der Waals surface area contributed by atoms with Crippen molar-refractivity contribution in [1.82, 2.24) is 4.90 Å². The first kappa shape index (κ1) is 16.7. The molecule has 0 aromatic heterocycles. The molecule has 19 heavy (non-hydrogen) atoms. The van der Waals surface area contributed by atoms with E-state index >= 15 is 0 Å². The van der Waals surface area contributed by atoms with E-state index in [0.29, 0.717) is 5.57 Å². The van der Waals surface area contributed by atoms with Crippen molar-refractivity contribution in [3.63, 3.8) is 0 Å². The van der Waals surface area contributed by atoms with Gasteiger partial charge >= 0.3 is 5.97 Å². The molecule has 0 bridgehead atoms. The molecule has 0 aliphatic carbocycles. The van der Waals surface area contributed by atoms with Crippen molar-refractivity contribution in [2.24, 2.45) is 0 Å². The fourth-order valence-electron chi connectivity index (χ4n) is 1.61. The molecule has 1 atom stereocenters. The van der Waals surface area contributed by atoms with Crippen LogP contribution < -0.4 is 0 Å². The summed E-state index contributed by atoms with van der Waals surface area (Å²) in [5.41, 5.74) is 0.811. The molecule has 1 aliphatic heterocycles. The van der Waals surface area contributed by atoms with E-state index in [1.165, 1.54) is 18.9 Å². The lowest BCUT2D eigenvalue weighted by Gasteiger charge is -2.49. The van der Waals surface area contributed by atoms with Crippen LogP contribution in [0.4, 0.5) is 0 Å². The third-order valence-corrected chi connectivity index (χ3v) is 5.69. The van der Waals surface area contributed by atoms with Crippen LogP contribution in [0.1, 0.15) is 20.8 Å². The average Bonchev–Trinajstić information content (AvgIpc) is 2.31. The Balaban J connectivity index is 3.17. The van der Waals surface area contributed by atoms with Gasteiger partial charge in [-0.2, -0.15) is 0 Å². The van der Waals surface area contributed by atoms with Crippen LogP contribution in [0.2, 0.25) is 0 Å². The number of β-lactam (4-membered cyclic amide) rings is 1. The standard InChI is InChI=1S/C11H13Br2NO4S/c1-5(2)7(8(16)18-4)14-9(17)11(12,13)10(14)19-6(3)15/h10H,1-4H3. The minimum absolute atomic E-state index is 0.149. The number of hydrogen-bond acceptors (Lipinski definition) is 5. The number of likely N-dealkylation sites (tertiary alicyclic amines) is 1. The summed E-state index contributed by atoms with van der Waals surface area (Å²) in [6.07, 6.45) is 0. The van der Waals surface area contributed by atoms with Gasteiger partial charge in [0, 0.05) is 6.92 Å². The Hall–Kier alpha value is -0.340. The van der Waals surface area contributed by atoms with E-state index in [-0.39, 0.29) is 16.7 Å². The maximum Gasteiger partial charge on any atom is 0.354 e. The van der Waals surface area contributed by atoms with Crippen LogP contribution in [0.5, 0.6) is 0 Å². The molecule has 1 amide bonds. The van der Waals surface area contributed by atoms with Gasteiger partial charge in [0.15, 0.2) is 8.35 Å². The van der Waals surface area contributed by atoms with Gasteiger partial charge < -0.3 is 4.74 Å². The fourth-order valence-corrected chi connectivity index (χ4v) is 3.83. The molecule has 0 saturated carbocycles. The maximum atomic E-state index is 12.1. The van der Waals surface area contributed by atoms with Gasteiger partial charge in [-0.3, -0.25) is 14.5 Å². The molecule has 106 valence electrons. The molecule has 1 fully saturated rings. The van der Waals surface area contributed by atoms with Gasteiger partial charge in [0.05, 0.1) is 7.11 Å². The molecule has 1 unspecified atom stereocenters. The third kappa shape index (κ3) is 3.05. The number of methoxy groups -OCH3 is 1. The molecular weight excluding hydrogens is 402 g/mol. The van der Waals surface area contributed by atoms with E-state index in [2.05, 4.69) is 36.6 Å². The number of esters is 1. The van der Waals surface area contributed by atoms with E-state index < -0.39 is 14.6 Å². The van der Waals surface area contributed by atoms with Crippen LogP contribution in [0, 0.1) is 0 Å². The number of thioether (sulfide) groups is 1. The predicted molar refractivity (Wildman–Crippen MR) is 79.9 cm³/mol.